The van der Waals surface area contributed by atoms with E-state index in [1.807, 2.05) is 30.3 Å². The quantitative estimate of drug-likeness (QED) is 0.297. The number of esters is 1. The van der Waals surface area contributed by atoms with Gasteiger partial charge in [0.1, 0.15) is 5.75 Å². The normalized spacial score (nSPS) is 18.0. The van der Waals surface area contributed by atoms with Gasteiger partial charge in [0.05, 0.1) is 19.1 Å². The average molecular weight is 482 g/mol. The van der Waals surface area contributed by atoms with Gasteiger partial charge in [0.2, 0.25) is 5.91 Å². The first kappa shape index (κ1) is 26.4. The molecule has 4 N–H and O–H groups in total. The number of carbonyl (C=O) groups is 3. The SMILES string of the molecule is COc1ccccc1CNC(CCCN)C(=O)NC1CCCC1C(=O)OCC(=O)c1ccccc1. The maximum absolute atomic E-state index is 13.1. The molecule has 1 aliphatic rings. The summed E-state index contributed by atoms with van der Waals surface area (Å²) in [7, 11) is 1.62. The van der Waals surface area contributed by atoms with E-state index in [1.165, 1.54) is 0 Å². The highest BCUT2D eigenvalue weighted by Gasteiger charge is 2.36. The molecule has 0 aliphatic heterocycles. The minimum absolute atomic E-state index is 0.168. The van der Waals surface area contributed by atoms with Crippen LogP contribution in [0.2, 0.25) is 0 Å². The van der Waals surface area contributed by atoms with E-state index in [1.54, 1.807) is 31.4 Å². The molecule has 0 saturated heterocycles. The Morgan fingerprint density at radius 2 is 1.80 bits per heavy atom. The van der Waals surface area contributed by atoms with Gasteiger partial charge in [-0.2, -0.15) is 0 Å². The van der Waals surface area contributed by atoms with Gasteiger partial charge in [0, 0.05) is 23.7 Å². The van der Waals surface area contributed by atoms with Crippen LogP contribution in [0.25, 0.3) is 0 Å². The smallest absolute Gasteiger partial charge is 0.311 e. The van der Waals surface area contributed by atoms with E-state index >= 15 is 0 Å². The number of methoxy groups -OCH3 is 1. The maximum atomic E-state index is 13.1. The van der Waals surface area contributed by atoms with Gasteiger partial charge in [0.25, 0.3) is 0 Å². The first-order chi connectivity index (χ1) is 17.0. The van der Waals surface area contributed by atoms with Crippen LogP contribution >= 0.6 is 0 Å². The van der Waals surface area contributed by atoms with Crippen molar-refractivity contribution in [1.82, 2.24) is 10.6 Å². The number of Topliss-reactive ketones (excluding diaryl/α,β-unsaturated/α-hetero) is 1. The van der Waals surface area contributed by atoms with E-state index in [-0.39, 0.29) is 24.3 Å². The first-order valence-corrected chi connectivity index (χ1v) is 12.1. The van der Waals surface area contributed by atoms with E-state index in [4.69, 9.17) is 15.2 Å². The number of rotatable bonds is 13. The maximum Gasteiger partial charge on any atom is 0.311 e. The molecule has 2 aromatic rings. The van der Waals surface area contributed by atoms with Gasteiger partial charge in [-0.25, -0.2) is 0 Å². The number of benzene rings is 2. The number of para-hydroxylation sites is 1. The summed E-state index contributed by atoms with van der Waals surface area (Å²) in [4.78, 5) is 38.1. The van der Waals surface area contributed by atoms with Crippen molar-refractivity contribution in [2.75, 3.05) is 20.3 Å². The van der Waals surface area contributed by atoms with Gasteiger partial charge in [-0.15, -0.1) is 0 Å². The number of ether oxygens (including phenoxy) is 2. The lowest BCUT2D eigenvalue weighted by molar-refractivity contribution is -0.148. The van der Waals surface area contributed by atoms with E-state index < -0.39 is 17.9 Å². The van der Waals surface area contributed by atoms with Crippen molar-refractivity contribution in [1.29, 1.82) is 0 Å². The fourth-order valence-electron chi connectivity index (χ4n) is 4.38. The standard InChI is InChI=1S/C27H35N3O5/c1-34-25-15-6-5-11-20(25)17-29-23(14-8-16-28)26(32)30-22-13-7-12-21(22)27(33)35-18-24(31)19-9-3-2-4-10-19/h2-6,9-11,15,21-23,29H,7-8,12-14,16-18,28H2,1H3,(H,30,32). The minimum Gasteiger partial charge on any atom is -0.496 e. The lowest BCUT2D eigenvalue weighted by Crippen LogP contribution is -2.50. The highest BCUT2D eigenvalue weighted by molar-refractivity contribution is 5.98. The van der Waals surface area contributed by atoms with E-state index in [2.05, 4.69) is 10.6 Å². The third-order valence-corrected chi connectivity index (χ3v) is 6.33. The zero-order valence-corrected chi connectivity index (χ0v) is 20.2. The molecule has 3 unspecified atom stereocenters. The Bertz CT molecular complexity index is 982. The molecule has 188 valence electrons. The minimum atomic E-state index is -0.466. The van der Waals surface area contributed by atoms with E-state index in [0.717, 1.165) is 17.7 Å². The lowest BCUT2D eigenvalue weighted by Gasteiger charge is -2.24. The number of nitrogens with one attached hydrogen (secondary N) is 2. The summed E-state index contributed by atoms with van der Waals surface area (Å²) in [6, 6.07) is 15.6. The molecule has 35 heavy (non-hydrogen) atoms. The molecule has 0 radical (unpaired) electrons. The average Bonchev–Trinajstić information content (AvgIpc) is 3.35. The summed E-state index contributed by atoms with van der Waals surface area (Å²) < 4.78 is 10.7. The fraction of sp³-hybridized carbons (Fsp3) is 0.444. The molecule has 8 nitrogen and oxygen atoms in total. The molecule has 3 atom stereocenters. The molecular weight excluding hydrogens is 446 g/mol. The number of carbonyl (C=O) groups excluding carboxylic acids is 3. The molecule has 1 amide bonds. The number of amides is 1. The number of nitrogens with two attached hydrogens (primary N) is 1. The summed E-state index contributed by atoms with van der Waals surface area (Å²) >= 11 is 0. The lowest BCUT2D eigenvalue weighted by atomic mass is 10.0. The Kier molecular flexibility index (Phi) is 10.3. The summed E-state index contributed by atoms with van der Waals surface area (Å²) in [5, 5.41) is 6.36. The van der Waals surface area contributed by atoms with Crippen molar-refractivity contribution < 1.29 is 23.9 Å². The van der Waals surface area contributed by atoms with Crippen molar-refractivity contribution in [3.05, 3.63) is 65.7 Å². The predicted octanol–water partition coefficient (Wildman–Crippen LogP) is 2.60. The first-order valence-electron chi connectivity index (χ1n) is 12.1. The molecule has 0 spiro atoms. The van der Waals surface area contributed by atoms with Crippen molar-refractivity contribution in [2.45, 2.75) is 50.7 Å². The monoisotopic (exact) mass is 481 g/mol. The van der Waals surface area contributed by atoms with Gasteiger partial charge in [0.15, 0.2) is 12.4 Å². The van der Waals surface area contributed by atoms with Crippen LogP contribution in [0, 0.1) is 5.92 Å². The fourth-order valence-corrected chi connectivity index (χ4v) is 4.38. The molecule has 1 aliphatic carbocycles. The Morgan fingerprint density at radius 1 is 1.06 bits per heavy atom. The largest absolute Gasteiger partial charge is 0.496 e. The van der Waals surface area contributed by atoms with Crippen LogP contribution in [0.4, 0.5) is 0 Å². The molecular formula is C27H35N3O5. The molecule has 0 bridgehead atoms. The number of ketones is 1. The highest BCUT2D eigenvalue weighted by atomic mass is 16.5. The van der Waals surface area contributed by atoms with Gasteiger partial charge in [-0.05, 0) is 38.3 Å². The van der Waals surface area contributed by atoms with E-state index in [9.17, 15) is 14.4 Å². The second kappa shape index (κ2) is 13.6. The molecule has 0 heterocycles. The highest BCUT2D eigenvalue weighted by Crippen LogP contribution is 2.27. The third-order valence-electron chi connectivity index (χ3n) is 6.33. The van der Waals surface area contributed by atoms with Gasteiger partial charge < -0.3 is 25.8 Å². The number of hydrogen-bond donors (Lipinski definition) is 3. The Hall–Kier alpha value is -3.23. The predicted molar refractivity (Wildman–Crippen MR) is 133 cm³/mol. The van der Waals surface area contributed by atoms with Crippen molar-refractivity contribution in [3.8, 4) is 5.75 Å². The van der Waals surface area contributed by atoms with Crippen LogP contribution in [0.15, 0.2) is 54.6 Å². The second-order valence-corrected chi connectivity index (χ2v) is 8.73. The second-order valence-electron chi connectivity index (χ2n) is 8.73. The third kappa shape index (κ3) is 7.63. The molecule has 0 aromatic heterocycles. The Balaban J connectivity index is 1.56. The van der Waals surface area contributed by atoms with Crippen molar-refractivity contribution in [3.63, 3.8) is 0 Å². The summed E-state index contributed by atoms with van der Waals surface area (Å²) in [5.41, 5.74) is 7.14. The van der Waals surface area contributed by atoms with Crippen LogP contribution in [0.1, 0.15) is 48.0 Å². The van der Waals surface area contributed by atoms with Crippen molar-refractivity contribution in [2.24, 2.45) is 11.7 Å². The van der Waals surface area contributed by atoms with Crippen LogP contribution in [0.5, 0.6) is 5.75 Å². The summed E-state index contributed by atoms with van der Waals surface area (Å²) in [6.07, 6.45) is 3.37. The zero-order chi connectivity index (χ0) is 25.0. The molecule has 1 saturated carbocycles. The van der Waals surface area contributed by atoms with Crippen LogP contribution < -0.4 is 21.1 Å². The zero-order valence-electron chi connectivity index (χ0n) is 20.2. The van der Waals surface area contributed by atoms with Gasteiger partial charge in [-0.1, -0.05) is 55.0 Å². The van der Waals surface area contributed by atoms with Crippen LogP contribution in [0.3, 0.4) is 0 Å². The van der Waals surface area contributed by atoms with Gasteiger partial charge >= 0.3 is 5.97 Å². The summed E-state index contributed by atoms with van der Waals surface area (Å²) in [5.74, 6) is -0.579. The molecule has 3 rings (SSSR count). The molecule has 2 aromatic carbocycles. The molecule has 8 heteroatoms. The van der Waals surface area contributed by atoms with E-state index in [0.29, 0.717) is 44.3 Å². The van der Waals surface area contributed by atoms with Crippen molar-refractivity contribution >= 4 is 17.7 Å². The Morgan fingerprint density at radius 3 is 2.54 bits per heavy atom. The molecule has 1 fully saturated rings. The topological polar surface area (TPSA) is 120 Å². The number of hydrogen-bond acceptors (Lipinski definition) is 7. The van der Waals surface area contributed by atoms with Crippen LogP contribution in [-0.2, 0) is 20.9 Å². The summed E-state index contributed by atoms with van der Waals surface area (Å²) in [6.45, 7) is 0.637. The van der Waals surface area contributed by atoms with Gasteiger partial charge in [-0.3, -0.25) is 14.4 Å². The Labute approximate surface area is 206 Å². The van der Waals surface area contributed by atoms with Crippen LogP contribution in [-0.4, -0.2) is 50.0 Å².